The number of anilines is 1. The van der Waals surface area contributed by atoms with E-state index < -0.39 is 16.1 Å². The Balaban J connectivity index is 2.35. The van der Waals surface area contributed by atoms with E-state index in [9.17, 15) is 13.2 Å². The highest BCUT2D eigenvalue weighted by atomic mass is 32.2. The zero-order valence-electron chi connectivity index (χ0n) is 19.5. The topological polar surface area (TPSA) is 75.7 Å². The fourth-order valence-electron chi connectivity index (χ4n) is 3.76. The van der Waals surface area contributed by atoms with Gasteiger partial charge in [0.05, 0.1) is 25.1 Å². The van der Waals surface area contributed by atoms with E-state index in [1.807, 2.05) is 44.2 Å². The number of ether oxygens (including phenoxy) is 1. The first-order chi connectivity index (χ1) is 14.4. The Morgan fingerprint density at radius 2 is 1.58 bits per heavy atom. The van der Waals surface area contributed by atoms with Crippen LogP contribution in [0.3, 0.4) is 0 Å². The lowest BCUT2D eigenvalue weighted by Crippen LogP contribution is -2.48. The summed E-state index contributed by atoms with van der Waals surface area (Å²) in [6, 6.07) is 12.0. The van der Waals surface area contributed by atoms with Crippen molar-refractivity contribution < 1.29 is 17.9 Å². The highest BCUT2D eigenvalue weighted by Gasteiger charge is 2.31. The van der Waals surface area contributed by atoms with E-state index >= 15 is 0 Å². The van der Waals surface area contributed by atoms with Gasteiger partial charge in [-0.15, -0.1) is 0 Å². The SMILES string of the molecule is COc1ccc([C@@H](CC(C)C)NC(=O)[C@H](C)N(c2cc(C)cc(C)c2)S(C)(=O)=O)cc1. The molecule has 0 fully saturated rings. The zero-order chi connectivity index (χ0) is 23.3. The van der Waals surface area contributed by atoms with E-state index in [4.69, 9.17) is 4.74 Å². The third kappa shape index (κ3) is 6.72. The molecule has 2 aromatic rings. The third-order valence-electron chi connectivity index (χ3n) is 5.09. The molecule has 2 rings (SSSR count). The summed E-state index contributed by atoms with van der Waals surface area (Å²) in [5, 5.41) is 3.07. The Morgan fingerprint density at radius 3 is 2.03 bits per heavy atom. The normalized spacial score (nSPS) is 13.5. The molecule has 2 atom stereocenters. The number of amides is 1. The molecule has 7 heteroatoms. The molecule has 0 radical (unpaired) electrons. The summed E-state index contributed by atoms with van der Waals surface area (Å²) in [6.07, 6.45) is 1.86. The second kappa shape index (κ2) is 10.2. The number of hydrogen-bond donors (Lipinski definition) is 1. The summed E-state index contributed by atoms with van der Waals surface area (Å²) in [5.41, 5.74) is 3.32. The minimum atomic E-state index is -3.67. The number of rotatable bonds is 9. The van der Waals surface area contributed by atoms with E-state index in [1.165, 1.54) is 4.31 Å². The first-order valence-electron chi connectivity index (χ1n) is 10.4. The molecule has 0 spiro atoms. The van der Waals surface area contributed by atoms with Crippen LogP contribution in [0.25, 0.3) is 0 Å². The number of hydrogen-bond acceptors (Lipinski definition) is 4. The van der Waals surface area contributed by atoms with Gasteiger partial charge in [0.1, 0.15) is 11.8 Å². The molecule has 0 aromatic heterocycles. The molecule has 170 valence electrons. The summed E-state index contributed by atoms with van der Waals surface area (Å²) in [6.45, 7) is 9.61. The lowest BCUT2D eigenvalue weighted by Gasteiger charge is -2.31. The quantitative estimate of drug-likeness (QED) is 0.621. The van der Waals surface area contributed by atoms with Crippen LogP contribution in [0, 0.1) is 19.8 Å². The molecular formula is C24H34N2O4S. The van der Waals surface area contributed by atoms with Gasteiger partial charge < -0.3 is 10.1 Å². The van der Waals surface area contributed by atoms with Crippen molar-refractivity contribution in [2.75, 3.05) is 17.7 Å². The van der Waals surface area contributed by atoms with Gasteiger partial charge in [-0.1, -0.05) is 32.0 Å². The summed E-state index contributed by atoms with van der Waals surface area (Å²) >= 11 is 0. The second-order valence-corrected chi connectivity index (χ2v) is 10.4. The van der Waals surface area contributed by atoms with Gasteiger partial charge in [-0.2, -0.15) is 0 Å². The van der Waals surface area contributed by atoms with Crippen LogP contribution < -0.4 is 14.4 Å². The van der Waals surface area contributed by atoms with Gasteiger partial charge in [0.25, 0.3) is 0 Å². The highest BCUT2D eigenvalue weighted by Crippen LogP contribution is 2.26. The molecule has 31 heavy (non-hydrogen) atoms. The largest absolute Gasteiger partial charge is 0.497 e. The zero-order valence-corrected chi connectivity index (χ0v) is 20.3. The second-order valence-electron chi connectivity index (χ2n) is 8.54. The van der Waals surface area contributed by atoms with Crippen LogP contribution in [0.5, 0.6) is 5.75 Å². The molecule has 0 aliphatic rings. The number of carbonyl (C=O) groups excluding carboxylic acids is 1. The van der Waals surface area contributed by atoms with Crippen molar-refractivity contribution in [2.45, 2.75) is 53.1 Å². The van der Waals surface area contributed by atoms with Crippen LogP contribution in [-0.4, -0.2) is 33.7 Å². The van der Waals surface area contributed by atoms with Crippen LogP contribution in [0.4, 0.5) is 5.69 Å². The van der Waals surface area contributed by atoms with E-state index in [-0.39, 0.29) is 11.9 Å². The van der Waals surface area contributed by atoms with E-state index in [0.29, 0.717) is 11.6 Å². The Morgan fingerprint density at radius 1 is 1.03 bits per heavy atom. The van der Waals surface area contributed by atoms with Gasteiger partial charge in [-0.05, 0) is 74.1 Å². The van der Waals surface area contributed by atoms with Gasteiger partial charge in [-0.25, -0.2) is 8.42 Å². The molecule has 0 saturated heterocycles. The minimum Gasteiger partial charge on any atom is -0.497 e. The lowest BCUT2D eigenvalue weighted by molar-refractivity contribution is -0.122. The fraction of sp³-hybridized carbons (Fsp3) is 0.458. The van der Waals surface area contributed by atoms with Crippen LogP contribution in [-0.2, 0) is 14.8 Å². The number of sulfonamides is 1. The van der Waals surface area contributed by atoms with Crippen molar-refractivity contribution in [3.63, 3.8) is 0 Å². The van der Waals surface area contributed by atoms with Crippen LogP contribution >= 0.6 is 0 Å². The first-order valence-corrected chi connectivity index (χ1v) is 12.3. The Hall–Kier alpha value is -2.54. The molecule has 1 N–H and O–H groups in total. The van der Waals surface area contributed by atoms with Gasteiger partial charge in [-0.3, -0.25) is 9.10 Å². The molecule has 2 aromatic carbocycles. The van der Waals surface area contributed by atoms with Gasteiger partial charge in [0.15, 0.2) is 0 Å². The molecule has 0 aliphatic heterocycles. The number of benzene rings is 2. The van der Waals surface area contributed by atoms with Gasteiger partial charge in [0.2, 0.25) is 15.9 Å². The maximum absolute atomic E-state index is 13.2. The predicted molar refractivity (Wildman–Crippen MR) is 126 cm³/mol. The minimum absolute atomic E-state index is 0.235. The van der Waals surface area contributed by atoms with Gasteiger partial charge in [0, 0.05) is 0 Å². The van der Waals surface area contributed by atoms with Crippen molar-refractivity contribution in [1.29, 1.82) is 0 Å². The number of nitrogens with one attached hydrogen (secondary N) is 1. The van der Waals surface area contributed by atoms with Crippen molar-refractivity contribution in [3.05, 3.63) is 59.2 Å². The van der Waals surface area contributed by atoms with Crippen molar-refractivity contribution in [1.82, 2.24) is 5.32 Å². The van der Waals surface area contributed by atoms with E-state index in [2.05, 4.69) is 19.2 Å². The molecule has 6 nitrogen and oxygen atoms in total. The summed E-state index contributed by atoms with van der Waals surface area (Å²) < 4.78 is 31.7. The molecular weight excluding hydrogens is 412 g/mol. The summed E-state index contributed by atoms with van der Waals surface area (Å²) in [5.74, 6) is 0.740. The number of nitrogens with zero attached hydrogens (tertiary/aromatic N) is 1. The fourth-order valence-corrected chi connectivity index (χ4v) is 4.92. The number of methoxy groups -OCH3 is 1. The monoisotopic (exact) mass is 446 g/mol. The van der Waals surface area contributed by atoms with E-state index in [1.54, 1.807) is 26.2 Å². The van der Waals surface area contributed by atoms with Crippen molar-refractivity contribution >= 4 is 21.6 Å². The molecule has 0 heterocycles. The summed E-state index contributed by atoms with van der Waals surface area (Å²) in [4.78, 5) is 13.2. The molecule has 1 amide bonds. The van der Waals surface area contributed by atoms with Crippen LogP contribution in [0.1, 0.15) is 49.9 Å². The maximum Gasteiger partial charge on any atom is 0.244 e. The average molecular weight is 447 g/mol. The average Bonchev–Trinajstić information content (AvgIpc) is 2.65. The highest BCUT2D eigenvalue weighted by molar-refractivity contribution is 7.92. The molecule has 0 aliphatic carbocycles. The predicted octanol–water partition coefficient (Wildman–Crippen LogP) is 4.37. The Labute approximate surface area is 186 Å². The lowest BCUT2D eigenvalue weighted by atomic mass is 9.96. The molecule has 0 bridgehead atoms. The smallest absolute Gasteiger partial charge is 0.244 e. The third-order valence-corrected chi connectivity index (χ3v) is 6.33. The standard InChI is InChI=1S/C24H34N2O4S/c1-16(2)12-23(20-8-10-22(30-6)11-9-20)25-24(27)19(5)26(31(7,28)29)21-14-17(3)13-18(4)15-21/h8-11,13-16,19,23H,12H2,1-7H3,(H,25,27)/t19-,23+/m0/s1. The van der Waals surface area contributed by atoms with Crippen molar-refractivity contribution in [2.24, 2.45) is 5.92 Å². The summed E-state index contributed by atoms with van der Waals surface area (Å²) in [7, 11) is -2.06. The van der Waals surface area contributed by atoms with E-state index in [0.717, 1.165) is 35.1 Å². The van der Waals surface area contributed by atoms with Gasteiger partial charge >= 0.3 is 0 Å². The Kier molecular flexibility index (Phi) is 8.12. The molecule has 0 saturated carbocycles. The Bertz CT molecular complexity index is 980. The first kappa shape index (κ1) is 24.7. The van der Waals surface area contributed by atoms with Crippen molar-refractivity contribution in [3.8, 4) is 5.75 Å². The number of aryl methyl sites for hydroxylation is 2. The maximum atomic E-state index is 13.2. The number of carbonyl (C=O) groups is 1. The molecule has 0 unspecified atom stereocenters. The van der Waals surface area contributed by atoms with Crippen LogP contribution in [0.15, 0.2) is 42.5 Å². The van der Waals surface area contributed by atoms with Crippen LogP contribution in [0.2, 0.25) is 0 Å².